The van der Waals surface area contributed by atoms with Crippen LogP contribution >= 0.6 is 23.1 Å². The summed E-state index contributed by atoms with van der Waals surface area (Å²) in [7, 11) is 0. The molecule has 3 nitrogen and oxygen atoms in total. The number of thiazole rings is 1. The number of nitrogens with one attached hydrogen (secondary N) is 1. The third-order valence-electron chi connectivity index (χ3n) is 3.81. The summed E-state index contributed by atoms with van der Waals surface area (Å²) in [6.07, 6.45) is 5.86. The normalized spacial score (nSPS) is 14.4. The molecule has 0 atom stereocenters. The fourth-order valence-electron chi connectivity index (χ4n) is 2.76. The highest BCUT2D eigenvalue weighted by molar-refractivity contribution is 8.00. The molecular weight excluding hydrogens is 324 g/mol. The Bertz CT molecular complexity index is 671. The largest absolute Gasteiger partial charge is 0.298 e. The lowest BCUT2D eigenvalue weighted by atomic mass is 10.2. The number of amides is 1. The van der Waals surface area contributed by atoms with E-state index in [-0.39, 0.29) is 5.91 Å². The number of benzene rings is 1. The first-order chi connectivity index (χ1) is 11.1. The summed E-state index contributed by atoms with van der Waals surface area (Å²) in [6, 6.07) is 7.79. The van der Waals surface area contributed by atoms with Crippen LogP contribution < -0.4 is 5.32 Å². The molecule has 1 aromatic carbocycles. The maximum Gasteiger partial charge on any atom is 0.258 e. The Labute approximate surface area is 145 Å². The van der Waals surface area contributed by atoms with Gasteiger partial charge in [0.05, 0.1) is 11.3 Å². The zero-order valence-corrected chi connectivity index (χ0v) is 15.2. The maximum atomic E-state index is 12.6. The van der Waals surface area contributed by atoms with Gasteiger partial charge in [0, 0.05) is 15.0 Å². The van der Waals surface area contributed by atoms with E-state index < -0.39 is 0 Å². The van der Waals surface area contributed by atoms with Crippen molar-refractivity contribution in [2.24, 2.45) is 0 Å². The minimum Gasteiger partial charge on any atom is -0.298 e. The second-order valence-electron chi connectivity index (χ2n) is 6.07. The topological polar surface area (TPSA) is 42.0 Å². The molecule has 23 heavy (non-hydrogen) atoms. The van der Waals surface area contributed by atoms with Crippen molar-refractivity contribution >= 4 is 34.1 Å². The van der Waals surface area contributed by atoms with E-state index in [0.717, 1.165) is 28.4 Å². The van der Waals surface area contributed by atoms with Crippen LogP contribution in [0.3, 0.4) is 0 Å². The van der Waals surface area contributed by atoms with Gasteiger partial charge >= 0.3 is 0 Å². The van der Waals surface area contributed by atoms with E-state index in [2.05, 4.69) is 24.1 Å². The summed E-state index contributed by atoms with van der Waals surface area (Å²) in [4.78, 5) is 19.7. The number of hydrogen-bond acceptors (Lipinski definition) is 4. The molecule has 5 heteroatoms. The first-order valence-electron chi connectivity index (χ1n) is 8.19. The van der Waals surface area contributed by atoms with Gasteiger partial charge in [-0.25, -0.2) is 4.98 Å². The van der Waals surface area contributed by atoms with E-state index in [4.69, 9.17) is 0 Å². The number of rotatable bonds is 4. The maximum absolute atomic E-state index is 12.6. The molecule has 0 unspecified atom stereocenters. The summed E-state index contributed by atoms with van der Waals surface area (Å²) in [6.45, 7) is 4.27. The molecule has 122 valence electrons. The average molecular weight is 347 g/mol. The molecule has 0 radical (unpaired) electrons. The molecule has 0 bridgehead atoms. The fraction of sp³-hybridized carbons (Fsp3) is 0.444. The average Bonchev–Trinajstić information content (AvgIpc) is 2.75. The highest BCUT2D eigenvalue weighted by Crippen LogP contribution is 2.31. The monoisotopic (exact) mass is 346 g/mol. The second-order valence-corrected chi connectivity index (χ2v) is 8.77. The second kappa shape index (κ2) is 7.49. The number of carbonyl (C=O) groups excluding carboxylic acids is 1. The van der Waals surface area contributed by atoms with E-state index in [1.54, 1.807) is 23.1 Å². The van der Waals surface area contributed by atoms with Crippen molar-refractivity contribution in [3.8, 4) is 0 Å². The molecule has 0 fully saturated rings. The van der Waals surface area contributed by atoms with Crippen molar-refractivity contribution < 1.29 is 4.79 Å². The molecule has 1 aliphatic carbocycles. The quantitative estimate of drug-likeness (QED) is 0.614. The number of hydrogen-bond donors (Lipinski definition) is 1. The van der Waals surface area contributed by atoms with Crippen LogP contribution in [0.5, 0.6) is 0 Å². The fourth-order valence-corrected chi connectivity index (χ4v) is 4.76. The first-order valence-corrected chi connectivity index (χ1v) is 9.88. The van der Waals surface area contributed by atoms with Crippen LogP contribution in [0.4, 0.5) is 5.13 Å². The molecule has 1 aromatic heterocycles. The van der Waals surface area contributed by atoms with Gasteiger partial charge in [0.2, 0.25) is 0 Å². The van der Waals surface area contributed by atoms with Gasteiger partial charge in [-0.1, -0.05) is 32.4 Å². The van der Waals surface area contributed by atoms with E-state index in [0.29, 0.717) is 5.25 Å². The minimum atomic E-state index is -0.0577. The van der Waals surface area contributed by atoms with Gasteiger partial charge in [-0.05, 0) is 37.8 Å². The van der Waals surface area contributed by atoms with Crippen LogP contribution in [0, 0.1) is 0 Å². The molecule has 0 spiro atoms. The molecule has 0 aliphatic heterocycles. The predicted octanol–water partition coefficient (Wildman–Crippen LogP) is 5.16. The summed E-state index contributed by atoms with van der Waals surface area (Å²) >= 11 is 3.36. The Morgan fingerprint density at radius 2 is 2.00 bits per heavy atom. The molecule has 1 amide bonds. The molecule has 1 heterocycles. The van der Waals surface area contributed by atoms with E-state index in [1.807, 2.05) is 24.3 Å². The molecule has 1 aliphatic rings. The third-order valence-corrected chi connectivity index (χ3v) is 5.96. The molecular formula is C18H22N2OS2. The first kappa shape index (κ1) is 16.5. The van der Waals surface area contributed by atoms with Gasteiger partial charge in [-0.3, -0.25) is 10.1 Å². The van der Waals surface area contributed by atoms with Crippen LogP contribution in [0.2, 0.25) is 0 Å². The molecule has 2 aromatic rings. The van der Waals surface area contributed by atoms with Crippen LogP contribution in [0.25, 0.3) is 0 Å². The highest BCUT2D eigenvalue weighted by Gasteiger charge is 2.17. The zero-order chi connectivity index (χ0) is 16.2. The summed E-state index contributed by atoms with van der Waals surface area (Å²) < 4.78 is 0. The third kappa shape index (κ3) is 4.15. The zero-order valence-electron chi connectivity index (χ0n) is 13.6. The van der Waals surface area contributed by atoms with Gasteiger partial charge in [0.25, 0.3) is 5.91 Å². The van der Waals surface area contributed by atoms with Crippen LogP contribution in [0.1, 0.15) is 54.0 Å². The van der Waals surface area contributed by atoms with Crippen molar-refractivity contribution in [3.05, 3.63) is 40.4 Å². The molecule has 0 saturated carbocycles. The van der Waals surface area contributed by atoms with Crippen LogP contribution in [-0.2, 0) is 12.8 Å². The minimum absolute atomic E-state index is 0.0577. The Morgan fingerprint density at radius 1 is 1.22 bits per heavy atom. The van der Waals surface area contributed by atoms with Gasteiger partial charge in [0.1, 0.15) is 0 Å². The summed E-state index contributed by atoms with van der Waals surface area (Å²) in [5.74, 6) is -0.0577. The smallest absolute Gasteiger partial charge is 0.258 e. The molecule has 1 N–H and O–H groups in total. The number of aromatic nitrogens is 1. The number of thioether (sulfide) groups is 1. The number of nitrogens with zero attached hydrogens (tertiary/aromatic N) is 1. The highest BCUT2D eigenvalue weighted by atomic mass is 32.2. The lowest BCUT2D eigenvalue weighted by Crippen LogP contribution is -2.13. The molecule has 3 rings (SSSR count). The molecule has 0 saturated heterocycles. The van der Waals surface area contributed by atoms with Crippen molar-refractivity contribution in [3.63, 3.8) is 0 Å². The van der Waals surface area contributed by atoms with Gasteiger partial charge in [0.15, 0.2) is 5.13 Å². The Balaban J connectivity index is 1.77. The van der Waals surface area contributed by atoms with Crippen LogP contribution in [0.15, 0.2) is 29.2 Å². The lowest BCUT2D eigenvalue weighted by Gasteiger charge is -2.10. The van der Waals surface area contributed by atoms with Gasteiger partial charge in [-0.2, -0.15) is 0 Å². The summed E-state index contributed by atoms with van der Waals surface area (Å²) in [5.41, 5.74) is 1.92. The number of aryl methyl sites for hydroxylation is 2. The standard InChI is InChI=1S/C18H22N2OS2/c1-12(2)22-15-10-7-6-8-13(15)17(21)20-18-19-14-9-4-3-5-11-16(14)23-18/h6-8,10,12H,3-5,9,11H2,1-2H3,(H,19,20,21). The Morgan fingerprint density at radius 3 is 2.83 bits per heavy atom. The van der Waals surface area contributed by atoms with Crippen molar-refractivity contribution in [2.75, 3.05) is 5.32 Å². The van der Waals surface area contributed by atoms with E-state index in [9.17, 15) is 4.79 Å². The lowest BCUT2D eigenvalue weighted by molar-refractivity contribution is 0.102. The van der Waals surface area contributed by atoms with Crippen molar-refractivity contribution in [2.45, 2.75) is 56.1 Å². The van der Waals surface area contributed by atoms with Crippen molar-refractivity contribution in [1.82, 2.24) is 4.98 Å². The Hall–Kier alpha value is -1.33. The van der Waals surface area contributed by atoms with Crippen molar-refractivity contribution in [1.29, 1.82) is 0 Å². The van der Waals surface area contributed by atoms with E-state index >= 15 is 0 Å². The number of fused-ring (bicyclic) bond motifs is 1. The number of anilines is 1. The van der Waals surface area contributed by atoms with Gasteiger partial charge < -0.3 is 0 Å². The summed E-state index contributed by atoms with van der Waals surface area (Å²) in [5, 5.41) is 4.19. The van der Waals surface area contributed by atoms with Crippen LogP contribution in [-0.4, -0.2) is 16.1 Å². The van der Waals surface area contributed by atoms with Gasteiger partial charge in [-0.15, -0.1) is 23.1 Å². The SMILES string of the molecule is CC(C)Sc1ccccc1C(=O)Nc1nc2c(s1)CCCCC2. The van der Waals surface area contributed by atoms with E-state index in [1.165, 1.54) is 29.8 Å². The Kier molecular flexibility index (Phi) is 5.38. The number of carbonyl (C=O) groups is 1. The predicted molar refractivity (Wildman–Crippen MR) is 98.8 cm³/mol.